The lowest BCUT2D eigenvalue weighted by atomic mass is 10.3. The average Bonchev–Trinajstić information content (AvgIpc) is 2.95. The number of rotatable bonds is 5. The number of carbonyl (C=O) groups is 1. The molecule has 0 amide bonds. The van der Waals surface area contributed by atoms with Gasteiger partial charge in [0.2, 0.25) is 4.96 Å². The van der Waals surface area contributed by atoms with E-state index in [1.165, 1.54) is 11.3 Å². The Bertz CT molecular complexity index is 778. The van der Waals surface area contributed by atoms with Crippen molar-refractivity contribution in [2.45, 2.75) is 19.8 Å². The third-order valence-corrected chi connectivity index (χ3v) is 3.94. The first-order chi connectivity index (χ1) is 9.69. The number of hydrogen-bond acceptors (Lipinski definition) is 5. The van der Waals surface area contributed by atoms with E-state index in [4.69, 9.17) is 9.84 Å². The molecule has 0 aliphatic heterocycles. The summed E-state index contributed by atoms with van der Waals surface area (Å²) in [6.07, 6.45) is 0.421. The third-order valence-electron chi connectivity index (χ3n) is 2.95. The summed E-state index contributed by atoms with van der Waals surface area (Å²) in [6.45, 7) is 2.57. The van der Waals surface area contributed by atoms with Crippen LogP contribution in [0.5, 0.6) is 5.75 Å². The number of ether oxygens (including phenoxy) is 1. The number of nitrogens with zero attached hydrogens (tertiary/aromatic N) is 3. The van der Waals surface area contributed by atoms with Crippen molar-refractivity contribution in [3.63, 3.8) is 0 Å². The van der Waals surface area contributed by atoms with E-state index in [1.54, 1.807) is 0 Å². The van der Waals surface area contributed by atoms with Crippen molar-refractivity contribution in [1.29, 1.82) is 0 Å². The summed E-state index contributed by atoms with van der Waals surface area (Å²) in [6, 6.07) is 5.83. The molecule has 1 aromatic carbocycles. The van der Waals surface area contributed by atoms with Gasteiger partial charge in [-0.15, -0.1) is 10.2 Å². The Morgan fingerprint density at radius 2 is 2.30 bits per heavy atom. The van der Waals surface area contributed by atoms with Gasteiger partial charge in [-0.25, -0.2) is 0 Å². The van der Waals surface area contributed by atoms with Gasteiger partial charge in [-0.2, -0.15) is 0 Å². The van der Waals surface area contributed by atoms with Crippen LogP contribution in [0.4, 0.5) is 0 Å². The third kappa shape index (κ3) is 2.20. The molecule has 3 aromatic rings. The van der Waals surface area contributed by atoms with Crippen molar-refractivity contribution >= 4 is 32.5 Å². The maximum Gasteiger partial charge on any atom is 0.303 e. The van der Waals surface area contributed by atoms with Crippen molar-refractivity contribution in [1.82, 2.24) is 14.6 Å². The minimum absolute atomic E-state index is 0.0508. The molecule has 0 bridgehead atoms. The van der Waals surface area contributed by atoms with E-state index in [-0.39, 0.29) is 6.42 Å². The van der Waals surface area contributed by atoms with Gasteiger partial charge in [-0.3, -0.25) is 9.20 Å². The molecule has 1 N–H and O–H groups in total. The van der Waals surface area contributed by atoms with Crippen LogP contribution >= 0.6 is 11.3 Å². The zero-order chi connectivity index (χ0) is 14.1. The van der Waals surface area contributed by atoms with Gasteiger partial charge in [0.1, 0.15) is 11.6 Å². The highest BCUT2D eigenvalue weighted by atomic mass is 32.1. The van der Waals surface area contributed by atoms with E-state index in [9.17, 15) is 4.79 Å². The molecular weight excluding hydrogens is 278 g/mol. The Hall–Kier alpha value is -2.15. The van der Waals surface area contributed by atoms with Crippen molar-refractivity contribution in [2.75, 3.05) is 6.61 Å². The molecule has 0 unspecified atom stereocenters. The molecule has 0 spiro atoms. The van der Waals surface area contributed by atoms with Gasteiger partial charge >= 0.3 is 5.97 Å². The van der Waals surface area contributed by atoms with Gasteiger partial charge in [0.15, 0.2) is 0 Å². The van der Waals surface area contributed by atoms with Crippen LogP contribution in [0.15, 0.2) is 18.2 Å². The molecule has 2 heterocycles. The second kappa shape index (κ2) is 5.09. The van der Waals surface area contributed by atoms with Crippen molar-refractivity contribution in [3.8, 4) is 5.75 Å². The number of aromatic nitrogens is 3. The number of benzene rings is 1. The number of carboxylic acids is 1. The fourth-order valence-electron chi connectivity index (χ4n) is 2.10. The lowest BCUT2D eigenvalue weighted by Crippen LogP contribution is -2.01. The molecule has 0 saturated carbocycles. The first kappa shape index (κ1) is 12.9. The maximum absolute atomic E-state index is 10.7. The highest BCUT2D eigenvalue weighted by Crippen LogP contribution is 2.29. The summed E-state index contributed by atoms with van der Waals surface area (Å²) in [5.41, 5.74) is 0.985. The second-order valence-corrected chi connectivity index (χ2v) is 5.30. The van der Waals surface area contributed by atoms with Gasteiger partial charge in [-0.05, 0) is 25.1 Å². The Balaban J connectivity index is 2.06. The first-order valence-electron chi connectivity index (χ1n) is 6.30. The number of fused-ring (bicyclic) bond motifs is 3. The zero-order valence-electron chi connectivity index (χ0n) is 10.9. The van der Waals surface area contributed by atoms with Gasteiger partial charge < -0.3 is 9.84 Å². The van der Waals surface area contributed by atoms with Crippen LogP contribution in [0.1, 0.15) is 19.2 Å². The highest BCUT2D eigenvalue weighted by molar-refractivity contribution is 7.23. The van der Waals surface area contributed by atoms with Crippen LogP contribution in [0, 0.1) is 0 Å². The molecular formula is C13H13N3O3S. The molecule has 0 aliphatic carbocycles. The minimum Gasteiger partial charge on any atom is -0.494 e. The van der Waals surface area contributed by atoms with E-state index in [1.807, 2.05) is 29.5 Å². The highest BCUT2D eigenvalue weighted by Gasteiger charge is 2.13. The molecule has 0 atom stereocenters. The van der Waals surface area contributed by atoms with Crippen LogP contribution < -0.4 is 4.74 Å². The number of aliphatic carboxylic acids is 1. The summed E-state index contributed by atoms with van der Waals surface area (Å²) in [5, 5.41) is 16.9. The topological polar surface area (TPSA) is 76.7 Å². The summed E-state index contributed by atoms with van der Waals surface area (Å²) < 4.78 is 8.45. The fraction of sp³-hybridized carbons (Fsp3) is 0.308. The Morgan fingerprint density at radius 3 is 3.05 bits per heavy atom. The number of aryl methyl sites for hydroxylation is 1. The average molecular weight is 291 g/mol. The van der Waals surface area contributed by atoms with E-state index in [0.717, 1.165) is 20.9 Å². The minimum atomic E-state index is -0.833. The molecule has 6 nitrogen and oxygen atoms in total. The lowest BCUT2D eigenvalue weighted by Gasteiger charge is -2.02. The van der Waals surface area contributed by atoms with Crippen molar-refractivity contribution < 1.29 is 14.6 Å². The van der Waals surface area contributed by atoms with Gasteiger partial charge in [0.05, 0.1) is 23.2 Å². The molecule has 0 saturated heterocycles. The summed E-state index contributed by atoms with van der Waals surface area (Å²) in [4.78, 5) is 11.4. The molecule has 20 heavy (non-hydrogen) atoms. The summed E-state index contributed by atoms with van der Waals surface area (Å²) in [7, 11) is 0. The Morgan fingerprint density at radius 1 is 1.45 bits per heavy atom. The first-order valence-corrected chi connectivity index (χ1v) is 7.12. The predicted molar refractivity (Wildman–Crippen MR) is 75.5 cm³/mol. The molecule has 0 aliphatic rings. The molecule has 0 radical (unpaired) electrons. The molecule has 7 heteroatoms. The van der Waals surface area contributed by atoms with E-state index < -0.39 is 5.97 Å². The number of thiazole rings is 1. The van der Waals surface area contributed by atoms with Crippen LogP contribution in [-0.4, -0.2) is 32.3 Å². The summed E-state index contributed by atoms with van der Waals surface area (Å²) >= 11 is 1.52. The van der Waals surface area contributed by atoms with E-state index in [2.05, 4.69) is 10.2 Å². The van der Waals surface area contributed by atoms with Crippen LogP contribution in [-0.2, 0) is 11.2 Å². The summed E-state index contributed by atoms with van der Waals surface area (Å²) in [5.74, 6) is 0.669. The van der Waals surface area contributed by atoms with Crippen LogP contribution in [0.25, 0.3) is 15.2 Å². The van der Waals surface area contributed by atoms with Gasteiger partial charge in [-0.1, -0.05) is 11.3 Å². The normalized spacial score (nSPS) is 11.2. The van der Waals surface area contributed by atoms with E-state index >= 15 is 0 Å². The Labute approximate surface area is 118 Å². The van der Waals surface area contributed by atoms with Crippen molar-refractivity contribution in [3.05, 3.63) is 24.0 Å². The maximum atomic E-state index is 10.7. The van der Waals surface area contributed by atoms with Crippen LogP contribution in [0.2, 0.25) is 0 Å². The largest absolute Gasteiger partial charge is 0.494 e. The van der Waals surface area contributed by atoms with E-state index in [0.29, 0.717) is 18.9 Å². The number of hydrogen-bond donors (Lipinski definition) is 1. The SMILES string of the molecule is CCOc1ccc2c(c1)sc1nnc(CCC(=O)O)n12. The molecule has 3 rings (SSSR count). The second-order valence-electron chi connectivity index (χ2n) is 4.29. The molecule has 0 fully saturated rings. The molecule has 2 aromatic heterocycles. The van der Waals surface area contributed by atoms with Crippen LogP contribution in [0.3, 0.4) is 0 Å². The van der Waals surface area contributed by atoms with Gasteiger partial charge in [0.25, 0.3) is 0 Å². The smallest absolute Gasteiger partial charge is 0.303 e. The fourth-order valence-corrected chi connectivity index (χ4v) is 3.12. The quantitative estimate of drug-likeness (QED) is 0.781. The lowest BCUT2D eigenvalue weighted by molar-refractivity contribution is -0.137. The van der Waals surface area contributed by atoms with Gasteiger partial charge in [0, 0.05) is 6.42 Å². The Kier molecular flexibility index (Phi) is 3.27. The molecule has 104 valence electrons. The number of carboxylic acid groups (broad SMARTS) is 1. The monoisotopic (exact) mass is 291 g/mol. The van der Waals surface area contributed by atoms with Crippen molar-refractivity contribution in [2.24, 2.45) is 0 Å². The predicted octanol–water partition coefficient (Wildman–Crippen LogP) is 2.36. The zero-order valence-corrected chi connectivity index (χ0v) is 11.7. The standard InChI is InChI=1S/C13H13N3O3S/c1-2-19-8-3-4-9-10(7-8)20-13-15-14-11(16(9)13)5-6-12(17)18/h3-4,7H,2,5-6H2,1H3,(H,17,18).